The van der Waals surface area contributed by atoms with Crippen molar-refractivity contribution in [3.8, 4) is 11.5 Å². The molecular weight excluding hydrogens is 250 g/mol. The fourth-order valence-corrected chi connectivity index (χ4v) is 2.03. The van der Waals surface area contributed by atoms with Gasteiger partial charge in [-0.2, -0.15) is 0 Å². The number of phenolic OH excluding ortho intramolecular Hbond substituents is 1. The average Bonchev–Trinajstić information content (AvgIpc) is 2.40. The first-order valence-electron chi connectivity index (χ1n) is 6.87. The van der Waals surface area contributed by atoms with Crippen molar-refractivity contribution in [3.05, 3.63) is 54.1 Å². The van der Waals surface area contributed by atoms with E-state index in [0.29, 0.717) is 0 Å². The summed E-state index contributed by atoms with van der Waals surface area (Å²) in [6.07, 6.45) is 0.181. The van der Waals surface area contributed by atoms with Crippen LogP contribution >= 0.6 is 0 Å². The Kier molecular flexibility index (Phi) is 4.51. The lowest BCUT2D eigenvalue weighted by molar-refractivity contribution is 0.242. The highest BCUT2D eigenvalue weighted by atomic mass is 16.5. The summed E-state index contributed by atoms with van der Waals surface area (Å²) in [6, 6.07) is 15.3. The first kappa shape index (κ1) is 14.3. The molecule has 3 nitrogen and oxygen atoms in total. The molecule has 3 heteroatoms. The third kappa shape index (κ3) is 3.92. The van der Waals surface area contributed by atoms with E-state index in [1.165, 1.54) is 0 Å². The van der Waals surface area contributed by atoms with E-state index in [1.807, 2.05) is 50.2 Å². The molecule has 0 saturated carbocycles. The molecular formula is C17H21NO2. The smallest absolute Gasteiger partial charge is 0.119 e. The molecule has 20 heavy (non-hydrogen) atoms. The summed E-state index contributed by atoms with van der Waals surface area (Å²) in [5.41, 5.74) is 2.07. The van der Waals surface area contributed by atoms with Crippen LogP contribution in [-0.2, 0) is 0 Å². The van der Waals surface area contributed by atoms with Gasteiger partial charge >= 0.3 is 0 Å². The largest absolute Gasteiger partial charge is 0.508 e. The molecule has 0 amide bonds. The van der Waals surface area contributed by atoms with Crippen LogP contribution < -0.4 is 10.1 Å². The zero-order chi connectivity index (χ0) is 14.5. The third-order valence-corrected chi connectivity index (χ3v) is 2.98. The third-order valence-electron chi connectivity index (χ3n) is 2.98. The number of benzene rings is 2. The highest BCUT2D eigenvalue weighted by Crippen LogP contribution is 2.23. The Labute approximate surface area is 120 Å². The first-order chi connectivity index (χ1) is 9.54. The molecule has 0 aliphatic rings. The Hall–Kier alpha value is -2.16. The van der Waals surface area contributed by atoms with Crippen LogP contribution in [-0.4, -0.2) is 11.2 Å². The number of nitrogens with one attached hydrogen (secondary N) is 1. The topological polar surface area (TPSA) is 41.5 Å². The summed E-state index contributed by atoms with van der Waals surface area (Å²) in [4.78, 5) is 0. The summed E-state index contributed by atoms with van der Waals surface area (Å²) in [7, 11) is 0. The molecule has 2 N–H and O–H groups in total. The molecule has 0 saturated heterocycles. The summed E-state index contributed by atoms with van der Waals surface area (Å²) >= 11 is 0. The van der Waals surface area contributed by atoms with Crippen LogP contribution in [0, 0.1) is 0 Å². The molecule has 0 aliphatic carbocycles. The number of hydrogen-bond acceptors (Lipinski definition) is 3. The number of anilines is 1. The van der Waals surface area contributed by atoms with Gasteiger partial charge in [-0.15, -0.1) is 0 Å². The zero-order valence-electron chi connectivity index (χ0n) is 12.1. The van der Waals surface area contributed by atoms with E-state index in [-0.39, 0.29) is 17.9 Å². The van der Waals surface area contributed by atoms with E-state index in [4.69, 9.17) is 4.74 Å². The minimum atomic E-state index is 0.124. The fourth-order valence-electron chi connectivity index (χ4n) is 2.03. The Balaban J connectivity index is 2.02. The quantitative estimate of drug-likeness (QED) is 0.849. The Bertz CT molecular complexity index is 549. The van der Waals surface area contributed by atoms with E-state index >= 15 is 0 Å². The maximum absolute atomic E-state index is 9.50. The lowest BCUT2D eigenvalue weighted by Crippen LogP contribution is -2.07. The van der Waals surface area contributed by atoms with Crippen molar-refractivity contribution in [1.29, 1.82) is 0 Å². The average molecular weight is 271 g/mol. The van der Waals surface area contributed by atoms with Crippen molar-refractivity contribution < 1.29 is 9.84 Å². The van der Waals surface area contributed by atoms with Crippen molar-refractivity contribution >= 4 is 5.69 Å². The SMILES string of the molecule is CC(C)Oc1ccc(NC(C)c2cccc(O)c2)cc1. The van der Waals surface area contributed by atoms with Crippen LogP contribution in [0.2, 0.25) is 0 Å². The summed E-state index contributed by atoms with van der Waals surface area (Å²) in [6.45, 7) is 6.08. The zero-order valence-corrected chi connectivity index (χ0v) is 12.1. The van der Waals surface area contributed by atoms with Gasteiger partial charge in [0.15, 0.2) is 0 Å². The number of hydrogen-bond donors (Lipinski definition) is 2. The van der Waals surface area contributed by atoms with Gasteiger partial charge in [-0.1, -0.05) is 12.1 Å². The molecule has 1 atom stereocenters. The van der Waals surface area contributed by atoms with Gasteiger partial charge < -0.3 is 15.2 Å². The standard InChI is InChI=1S/C17H21NO2/c1-12(2)20-17-9-7-15(8-10-17)18-13(3)14-5-4-6-16(19)11-14/h4-13,18-19H,1-3H3. The van der Waals surface area contributed by atoms with Gasteiger partial charge in [0.25, 0.3) is 0 Å². The second-order valence-corrected chi connectivity index (χ2v) is 5.15. The van der Waals surface area contributed by atoms with Crippen LogP contribution in [0.1, 0.15) is 32.4 Å². The maximum Gasteiger partial charge on any atom is 0.119 e. The molecule has 0 heterocycles. The predicted molar refractivity (Wildman–Crippen MR) is 82.4 cm³/mol. The molecule has 0 aromatic heterocycles. The van der Waals surface area contributed by atoms with Crippen LogP contribution in [0.25, 0.3) is 0 Å². The van der Waals surface area contributed by atoms with Crippen LogP contribution in [0.5, 0.6) is 11.5 Å². The monoisotopic (exact) mass is 271 g/mol. The Morgan fingerprint density at radius 1 is 1.00 bits per heavy atom. The Morgan fingerprint density at radius 2 is 1.70 bits per heavy atom. The molecule has 1 unspecified atom stereocenters. The molecule has 0 aliphatic heterocycles. The number of rotatable bonds is 5. The molecule has 0 radical (unpaired) electrons. The van der Waals surface area contributed by atoms with Crippen LogP contribution in [0.15, 0.2) is 48.5 Å². The van der Waals surface area contributed by atoms with Gasteiger partial charge in [0.05, 0.1) is 6.10 Å². The Morgan fingerprint density at radius 3 is 2.30 bits per heavy atom. The van der Waals surface area contributed by atoms with Crippen molar-refractivity contribution in [2.75, 3.05) is 5.32 Å². The van der Waals surface area contributed by atoms with Gasteiger partial charge in [0.2, 0.25) is 0 Å². The molecule has 2 aromatic rings. The lowest BCUT2D eigenvalue weighted by Gasteiger charge is -2.16. The summed E-state index contributed by atoms with van der Waals surface area (Å²) in [5.74, 6) is 1.16. The van der Waals surface area contributed by atoms with Crippen molar-refractivity contribution in [2.24, 2.45) is 0 Å². The van der Waals surface area contributed by atoms with E-state index in [9.17, 15) is 5.11 Å². The summed E-state index contributed by atoms with van der Waals surface area (Å²) < 4.78 is 5.61. The highest BCUT2D eigenvalue weighted by Gasteiger charge is 2.06. The second kappa shape index (κ2) is 6.33. The van der Waals surface area contributed by atoms with Crippen molar-refractivity contribution in [1.82, 2.24) is 0 Å². The van der Waals surface area contributed by atoms with E-state index in [1.54, 1.807) is 12.1 Å². The van der Waals surface area contributed by atoms with Crippen LogP contribution in [0.3, 0.4) is 0 Å². The molecule has 2 aromatic carbocycles. The number of aromatic hydroxyl groups is 1. The lowest BCUT2D eigenvalue weighted by atomic mass is 10.1. The number of phenols is 1. The second-order valence-electron chi connectivity index (χ2n) is 5.15. The normalized spacial score (nSPS) is 12.2. The first-order valence-corrected chi connectivity index (χ1v) is 6.87. The van der Waals surface area contributed by atoms with Gasteiger partial charge in [-0.25, -0.2) is 0 Å². The van der Waals surface area contributed by atoms with Gasteiger partial charge in [-0.05, 0) is 62.7 Å². The molecule has 0 fully saturated rings. The van der Waals surface area contributed by atoms with Gasteiger partial charge in [0.1, 0.15) is 11.5 Å². The predicted octanol–water partition coefficient (Wildman–Crippen LogP) is 4.35. The number of ether oxygens (including phenoxy) is 1. The van der Waals surface area contributed by atoms with Gasteiger partial charge in [-0.3, -0.25) is 0 Å². The van der Waals surface area contributed by atoms with E-state index in [0.717, 1.165) is 17.0 Å². The minimum absolute atomic E-state index is 0.124. The molecule has 0 bridgehead atoms. The highest BCUT2D eigenvalue weighted by molar-refractivity contribution is 5.48. The maximum atomic E-state index is 9.50. The van der Waals surface area contributed by atoms with Crippen LogP contribution in [0.4, 0.5) is 5.69 Å². The summed E-state index contributed by atoms with van der Waals surface area (Å²) in [5, 5.41) is 12.9. The fraction of sp³-hybridized carbons (Fsp3) is 0.294. The molecule has 0 spiro atoms. The van der Waals surface area contributed by atoms with Crippen molar-refractivity contribution in [3.63, 3.8) is 0 Å². The van der Waals surface area contributed by atoms with Gasteiger partial charge in [0, 0.05) is 11.7 Å². The van der Waals surface area contributed by atoms with E-state index in [2.05, 4.69) is 12.2 Å². The minimum Gasteiger partial charge on any atom is -0.508 e. The molecule has 106 valence electrons. The molecule has 2 rings (SSSR count). The van der Waals surface area contributed by atoms with E-state index < -0.39 is 0 Å². The van der Waals surface area contributed by atoms with Crippen molar-refractivity contribution in [2.45, 2.75) is 32.9 Å².